The molecule has 0 fully saturated rings. The van der Waals surface area contributed by atoms with Gasteiger partial charge in [0.25, 0.3) is 0 Å². The van der Waals surface area contributed by atoms with Crippen LogP contribution in [0.2, 0.25) is 5.02 Å². The van der Waals surface area contributed by atoms with Gasteiger partial charge in [0.05, 0.1) is 11.3 Å². The predicted octanol–water partition coefficient (Wildman–Crippen LogP) is 5.74. The van der Waals surface area contributed by atoms with E-state index >= 15 is 0 Å². The van der Waals surface area contributed by atoms with Crippen LogP contribution < -0.4 is 0 Å². The lowest BCUT2D eigenvalue weighted by molar-refractivity contribution is -0.137. The van der Waals surface area contributed by atoms with Gasteiger partial charge in [-0.15, -0.1) is 10.2 Å². The molecule has 0 spiro atoms. The van der Waals surface area contributed by atoms with Gasteiger partial charge >= 0.3 is 6.18 Å². The fourth-order valence-corrected chi connectivity index (χ4v) is 2.92. The van der Waals surface area contributed by atoms with Crippen LogP contribution in [-0.4, -0.2) is 14.6 Å². The Bertz CT molecular complexity index is 1070. The highest BCUT2D eigenvalue weighted by atomic mass is 35.5. The summed E-state index contributed by atoms with van der Waals surface area (Å²) < 4.78 is 41.6. The van der Waals surface area contributed by atoms with Gasteiger partial charge in [-0.05, 0) is 42.0 Å². The molecule has 130 valence electrons. The Hall–Kier alpha value is -2.86. The molecule has 4 rings (SSSR count). The van der Waals surface area contributed by atoms with Crippen molar-refractivity contribution in [1.29, 1.82) is 0 Å². The number of hydrogen-bond acceptors (Lipinski definition) is 2. The maximum atomic E-state index is 13.3. The van der Waals surface area contributed by atoms with E-state index in [2.05, 4.69) is 10.2 Å². The van der Waals surface area contributed by atoms with Crippen molar-refractivity contribution in [2.45, 2.75) is 6.18 Å². The first-order chi connectivity index (χ1) is 12.4. The lowest BCUT2D eigenvalue weighted by Crippen LogP contribution is -2.07. The van der Waals surface area contributed by atoms with Crippen LogP contribution in [0.1, 0.15) is 5.56 Å². The van der Waals surface area contributed by atoms with Gasteiger partial charge in [0.2, 0.25) is 0 Å². The largest absolute Gasteiger partial charge is 0.416 e. The third kappa shape index (κ3) is 2.93. The van der Waals surface area contributed by atoms with Crippen LogP contribution in [0.25, 0.3) is 28.3 Å². The third-order valence-corrected chi connectivity index (χ3v) is 4.26. The topological polar surface area (TPSA) is 30.2 Å². The van der Waals surface area contributed by atoms with E-state index in [1.165, 1.54) is 0 Å². The molecule has 0 aliphatic rings. The van der Waals surface area contributed by atoms with Crippen molar-refractivity contribution in [1.82, 2.24) is 14.6 Å². The standard InChI is InChI=1S/C19H11ClF3N3/c20-15-8-6-13(7-9-15)18-25-24-17-11-14(19(21,22)23)10-16(26(17)18)12-4-2-1-3-5-12/h1-11H. The first kappa shape index (κ1) is 16.6. The number of nitrogens with zero attached hydrogens (tertiary/aromatic N) is 3. The van der Waals surface area contributed by atoms with Crippen LogP contribution >= 0.6 is 11.6 Å². The summed E-state index contributed by atoms with van der Waals surface area (Å²) in [5.41, 5.74) is 1.07. The first-order valence-corrected chi connectivity index (χ1v) is 8.09. The average molecular weight is 374 g/mol. The molecule has 0 unspecified atom stereocenters. The summed E-state index contributed by atoms with van der Waals surface area (Å²) in [5.74, 6) is 0.448. The van der Waals surface area contributed by atoms with Crippen LogP contribution in [0.4, 0.5) is 13.2 Å². The first-order valence-electron chi connectivity index (χ1n) is 7.71. The number of rotatable bonds is 2. The molecule has 7 heteroatoms. The molecular formula is C19H11ClF3N3. The highest BCUT2D eigenvalue weighted by Gasteiger charge is 2.32. The van der Waals surface area contributed by atoms with Crippen LogP contribution in [-0.2, 0) is 6.18 Å². The minimum absolute atomic E-state index is 0.128. The molecule has 2 heterocycles. The van der Waals surface area contributed by atoms with E-state index in [1.807, 2.05) is 0 Å². The van der Waals surface area contributed by atoms with Crippen molar-refractivity contribution in [3.8, 4) is 22.6 Å². The van der Waals surface area contributed by atoms with E-state index in [9.17, 15) is 13.2 Å². The van der Waals surface area contributed by atoms with Crippen molar-refractivity contribution in [3.05, 3.63) is 77.3 Å². The summed E-state index contributed by atoms with van der Waals surface area (Å²) in [6.45, 7) is 0. The summed E-state index contributed by atoms with van der Waals surface area (Å²) in [7, 11) is 0. The highest BCUT2D eigenvalue weighted by molar-refractivity contribution is 6.30. The molecule has 4 aromatic rings. The Kier molecular flexibility index (Phi) is 3.92. The Morgan fingerprint density at radius 3 is 2.15 bits per heavy atom. The minimum atomic E-state index is -4.47. The summed E-state index contributed by atoms with van der Waals surface area (Å²) in [5, 5.41) is 8.63. The van der Waals surface area contributed by atoms with E-state index in [4.69, 9.17) is 11.6 Å². The monoisotopic (exact) mass is 373 g/mol. The van der Waals surface area contributed by atoms with Gasteiger partial charge in [-0.1, -0.05) is 41.9 Å². The van der Waals surface area contributed by atoms with Gasteiger partial charge in [-0.3, -0.25) is 4.40 Å². The number of fused-ring (bicyclic) bond motifs is 1. The second-order valence-electron chi connectivity index (χ2n) is 5.72. The minimum Gasteiger partial charge on any atom is -0.275 e. The number of halogens is 4. The molecule has 3 nitrogen and oxygen atoms in total. The maximum Gasteiger partial charge on any atom is 0.416 e. The Morgan fingerprint density at radius 2 is 1.50 bits per heavy atom. The van der Waals surface area contributed by atoms with Crippen molar-refractivity contribution < 1.29 is 13.2 Å². The van der Waals surface area contributed by atoms with E-state index < -0.39 is 11.7 Å². The van der Waals surface area contributed by atoms with Crippen molar-refractivity contribution in [2.24, 2.45) is 0 Å². The van der Waals surface area contributed by atoms with Gasteiger partial charge in [0, 0.05) is 10.6 Å². The van der Waals surface area contributed by atoms with Gasteiger partial charge < -0.3 is 0 Å². The summed E-state index contributed by atoms with van der Waals surface area (Å²) in [6.07, 6.45) is -4.47. The van der Waals surface area contributed by atoms with Crippen molar-refractivity contribution in [3.63, 3.8) is 0 Å². The molecule has 2 aromatic carbocycles. The maximum absolute atomic E-state index is 13.3. The van der Waals surface area contributed by atoms with E-state index in [1.54, 1.807) is 59.0 Å². The zero-order valence-electron chi connectivity index (χ0n) is 13.2. The fourth-order valence-electron chi connectivity index (χ4n) is 2.79. The highest BCUT2D eigenvalue weighted by Crippen LogP contribution is 2.35. The Balaban J connectivity index is 2.04. The van der Waals surface area contributed by atoms with E-state index in [-0.39, 0.29) is 5.65 Å². The number of pyridine rings is 1. The van der Waals surface area contributed by atoms with E-state index in [0.717, 1.165) is 12.1 Å². The smallest absolute Gasteiger partial charge is 0.275 e. The Morgan fingerprint density at radius 1 is 0.808 bits per heavy atom. The zero-order chi connectivity index (χ0) is 18.3. The fraction of sp³-hybridized carbons (Fsp3) is 0.0526. The normalized spacial score (nSPS) is 11.8. The molecule has 0 N–H and O–H groups in total. The lowest BCUT2D eigenvalue weighted by atomic mass is 10.1. The summed E-state index contributed by atoms with van der Waals surface area (Å²) in [4.78, 5) is 0. The molecule has 0 atom stereocenters. The van der Waals surface area contributed by atoms with Crippen LogP contribution in [0.3, 0.4) is 0 Å². The summed E-state index contributed by atoms with van der Waals surface area (Å²) >= 11 is 5.92. The number of aromatic nitrogens is 3. The van der Waals surface area contributed by atoms with Crippen LogP contribution in [0.5, 0.6) is 0 Å². The molecule has 0 aliphatic carbocycles. The molecule has 0 saturated carbocycles. The quantitative estimate of drug-likeness (QED) is 0.449. The average Bonchev–Trinajstić information content (AvgIpc) is 3.06. The molecule has 0 bridgehead atoms. The second-order valence-corrected chi connectivity index (χ2v) is 6.15. The number of hydrogen-bond donors (Lipinski definition) is 0. The number of alkyl halides is 3. The molecule has 0 aliphatic heterocycles. The molecule has 0 amide bonds. The molecular weight excluding hydrogens is 363 g/mol. The SMILES string of the molecule is FC(F)(F)c1cc(-c2ccccc2)n2c(-c3ccc(Cl)cc3)nnc2c1. The van der Waals surface area contributed by atoms with Crippen molar-refractivity contribution in [2.75, 3.05) is 0 Å². The molecule has 2 aromatic heterocycles. The number of benzene rings is 2. The summed E-state index contributed by atoms with van der Waals surface area (Å²) in [6, 6.07) is 17.9. The van der Waals surface area contributed by atoms with Gasteiger partial charge in [0.1, 0.15) is 0 Å². The van der Waals surface area contributed by atoms with Gasteiger partial charge in [-0.25, -0.2) is 0 Å². The lowest BCUT2D eigenvalue weighted by Gasteiger charge is -2.13. The second kappa shape index (κ2) is 6.14. The van der Waals surface area contributed by atoms with E-state index in [0.29, 0.717) is 27.7 Å². The predicted molar refractivity (Wildman–Crippen MR) is 93.9 cm³/mol. The van der Waals surface area contributed by atoms with Gasteiger partial charge in [0.15, 0.2) is 11.5 Å². The van der Waals surface area contributed by atoms with Crippen molar-refractivity contribution >= 4 is 17.2 Å². The zero-order valence-corrected chi connectivity index (χ0v) is 14.0. The van der Waals surface area contributed by atoms with Gasteiger partial charge in [-0.2, -0.15) is 13.2 Å². The Labute approximate surface area is 151 Å². The third-order valence-electron chi connectivity index (χ3n) is 4.01. The molecule has 0 radical (unpaired) electrons. The van der Waals surface area contributed by atoms with Crippen LogP contribution in [0, 0.1) is 0 Å². The van der Waals surface area contributed by atoms with Crippen LogP contribution in [0.15, 0.2) is 66.7 Å². The molecule has 26 heavy (non-hydrogen) atoms. The molecule has 0 saturated heterocycles.